The molecule has 0 spiro atoms. The summed E-state index contributed by atoms with van der Waals surface area (Å²) in [6, 6.07) is 14.2. The van der Waals surface area contributed by atoms with Crippen LogP contribution in [0, 0.1) is 10.1 Å². The summed E-state index contributed by atoms with van der Waals surface area (Å²) in [5.41, 5.74) is 2.11. The smallest absolute Gasteiger partial charge is 0.313 e. The maximum atomic E-state index is 11.6. The maximum Gasteiger partial charge on any atom is 0.313 e. The summed E-state index contributed by atoms with van der Waals surface area (Å²) in [6.07, 6.45) is 0. The average molecular weight is 377 g/mol. The van der Waals surface area contributed by atoms with Crippen LogP contribution in [0.2, 0.25) is 0 Å². The zero-order chi connectivity index (χ0) is 18.0. The van der Waals surface area contributed by atoms with Crippen LogP contribution < -0.4 is 10.1 Å². The van der Waals surface area contributed by atoms with Gasteiger partial charge in [0.2, 0.25) is 0 Å². The first-order valence-electron chi connectivity index (χ1n) is 7.57. The van der Waals surface area contributed by atoms with E-state index in [1.807, 2.05) is 13.0 Å². The third kappa shape index (κ3) is 3.34. The number of nitrogens with one attached hydrogen (secondary N) is 1. The summed E-state index contributed by atoms with van der Waals surface area (Å²) in [5, 5.41) is 14.6. The summed E-state index contributed by atoms with van der Waals surface area (Å²) in [6.45, 7) is 2.38. The number of hydrogen-bond acceptors (Lipinski definition) is 4. The van der Waals surface area contributed by atoms with Crippen LogP contribution in [0.25, 0.3) is 10.7 Å². The van der Waals surface area contributed by atoms with Crippen LogP contribution in [0.1, 0.15) is 18.1 Å². The van der Waals surface area contributed by atoms with E-state index < -0.39 is 4.92 Å². The van der Waals surface area contributed by atoms with Gasteiger partial charge in [-0.3, -0.25) is 10.1 Å². The number of rotatable bonds is 5. The predicted octanol–water partition coefficient (Wildman–Crippen LogP) is 5.30. The Balaban J connectivity index is 2.10. The van der Waals surface area contributed by atoms with Gasteiger partial charge >= 0.3 is 5.70 Å². The van der Waals surface area contributed by atoms with Gasteiger partial charge in [0.05, 0.1) is 16.6 Å². The van der Waals surface area contributed by atoms with E-state index in [4.69, 9.17) is 27.9 Å². The molecule has 1 N–H and O–H groups in total. The van der Waals surface area contributed by atoms with Crippen molar-refractivity contribution in [2.75, 3.05) is 11.9 Å². The van der Waals surface area contributed by atoms with Gasteiger partial charge in [-0.25, -0.2) is 0 Å². The minimum atomic E-state index is -0.535. The predicted molar refractivity (Wildman–Crippen MR) is 100 cm³/mol. The standard InChI is InChI=1S/C18H14Cl2N2O3/c1-2-25-12-8-9-14-13(10-12)17(21-14)18(22(23)24)16(20)15(19)11-6-4-3-5-7-11/h3-10,21H,2H2,1H3. The molecule has 0 aromatic heterocycles. The molecule has 0 unspecified atom stereocenters. The Morgan fingerprint density at radius 3 is 2.56 bits per heavy atom. The Morgan fingerprint density at radius 2 is 1.92 bits per heavy atom. The molecule has 0 fully saturated rings. The fourth-order valence-electron chi connectivity index (χ4n) is 2.52. The van der Waals surface area contributed by atoms with E-state index in [-0.39, 0.29) is 15.8 Å². The highest BCUT2D eigenvalue weighted by molar-refractivity contribution is 6.55. The lowest BCUT2D eigenvalue weighted by Gasteiger charge is -2.25. The van der Waals surface area contributed by atoms with Gasteiger partial charge in [0.15, 0.2) is 0 Å². The van der Waals surface area contributed by atoms with Gasteiger partial charge in [-0.05, 0) is 30.7 Å². The minimum absolute atomic E-state index is 0.118. The zero-order valence-corrected chi connectivity index (χ0v) is 14.8. The number of hydrogen-bond donors (Lipinski definition) is 1. The number of ether oxygens (including phenoxy) is 1. The lowest BCUT2D eigenvalue weighted by Crippen LogP contribution is -2.18. The van der Waals surface area contributed by atoms with Crippen LogP contribution in [-0.2, 0) is 0 Å². The second-order valence-electron chi connectivity index (χ2n) is 5.24. The van der Waals surface area contributed by atoms with Crippen molar-refractivity contribution in [3.8, 4) is 5.75 Å². The highest BCUT2D eigenvalue weighted by Crippen LogP contribution is 2.43. The van der Waals surface area contributed by atoms with Crippen molar-refractivity contribution in [2.24, 2.45) is 0 Å². The molecule has 3 rings (SSSR count). The van der Waals surface area contributed by atoms with E-state index in [9.17, 15) is 10.1 Å². The Bertz CT molecular complexity index is 892. The molecule has 1 heterocycles. The highest BCUT2D eigenvalue weighted by atomic mass is 35.5. The summed E-state index contributed by atoms with van der Waals surface area (Å²) >= 11 is 12.6. The fraction of sp³-hybridized carbons (Fsp3) is 0.111. The van der Waals surface area contributed by atoms with Crippen molar-refractivity contribution < 1.29 is 9.66 Å². The fourth-order valence-corrected chi connectivity index (χ4v) is 3.01. The van der Waals surface area contributed by atoms with Gasteiger partial charge in [-0.2, -0.15) is 0 Å². The molecule has 0 radical (unpaired) electrons. The van der Waals surface area contributed by atoms with Crippen LogP contribution in [0.3, 0.4) is 0 Å². The van der Waals surface area contributed by atoms with Crippen LogP contribution in [0.4, 0.5) is 5.69 Å². The normalized spacial score (nSPS) is 15.3. The van der Waals surface area contributed by atoms with E-state index in [1.165, 1.54) is 0 Å². The lowest BCUT2D eigenvalue weighted by molar-refractivity contribution is -0.418. The largest absolute Gasteiger partial charge is 0.494 e. The molecular formula is C18H14Cl2N2O3. The molecular weight excluding hydrogens is 363 g/mol. The Morgan fingerprint density at radius 1 is 1.20 bits per heavy atom. The van der Waals surface area contributed by atoms with Crippen molar-refractivity contribution in [2.45, 2.75) is 6.92 Å². The molecule has 0 amide bonds. The molecule has 0 aliphatic carbocycles. The third-order valence-corrected chi connectivity index (χ3v) is 4.55. The minimum Gasteiger partial charge on any atom is -0.494 e. The number of fused-ring (bicyclic) bond motifs is 1. The number of benzene rings is 2. The van der Waals surface area contributed by atoms with Crippen molar-refractivity contribution >= 4 is 39.6 Å². The Labute approximate surface area is 154 Å². The molecule has 5 nitrogen and oxygen atoms in total. The molecule has 2 aromatic rings. The summed E-state index contributed by atoms with van der Waals surface area (Å²) in [4.78, 5) is 11.1. The van der Waals surface area contributed by atoms with Crippen LogP contribution in [-0.4, -0.2) is 11.5 Å². The SMILES string of the molecule is CCOc1ccc2c(c1)C(=C(C(Cl)=C(Cl)c1ccccc1)[N+](=O)[O-])N2. The van der Waals surface area contributed by atoms with Gasteiger partial charge in [-0.15, -0.1) is 0 Å². The van der Waals surface area contributed by atoms with Crippen molar-refractivity contribution in [3.63, 3.8) is 0 Å². The van der Waals surface area contributed by atoms with Crippen molar-refractivity contribution in [1.82, 2.24) is 0 Å². The molecule has 2 aromatic carbocycles. The number of halogens is 2. The maximum absolute atomic E-state index is 11.6. The topological polar surface area (TPSA) is 64.4 Å². The molecule has 1 aliphatic rings. The molecule has 0 atom stereocenters. The Hall–Kier alpha value is -2.50. The van der Waals surface area contributed by atoms with Gasteiger partial charge < -0.3 is 10.1 Å². The Kier molecular flexibility index (Phi) is 4.97. The van der Waals surface area contributed by atoms with E-state index in [0.29, 0.717) is 29.2 Å². The summed E-state index contributed by atoms with van der Waals surface area (Å²) in [7, 11) is 0. The van der Waals surface area contributed by atoms with Crippen LogP contribution in [0.5, 0.6) is 5.75 Å². The van der Waals surface area contributed by atoms with E-state index in [0.717, 1.165) is 5.69 Å². The number of nitro groups is 1. The quantitative estimate of drug-likeness (QED) is 0.567. The first kappa shape index (κ1) is 17.3. The van der Waals surface area contributed by atoms with E-state index >= 15 is 0 Å². The molecule has 0 bridgehead atoms. The van der Waals surface area contributed by atoms with Gasteiger partial charge in [0, 0.05) is 11.3 Å². The number of anilines is 1. The van der Waals surface area contributed by atoms with Gasteiger partial charge in [-0.1, -0.05) is 53.5 Å². The first-order valence-corrected chi connectivity index (χ1v) is 8.32. The third-order valence-electron chi connectivity index (χ3n) is 3.68. The van der Waals surface area contributed by atoms with E-state index in [2.05, 4.69) is 5.32 Å². The molecule has 0 saturated carbocycles. The monoisotopic (exact) mass is 376 g/mol. The average Bonchev–Trinajstić information content (AvgIpc) is 2.60. The summed E-state index contributed by atoms with van der Waals surface area (Å²) in [5.74, 6) is 0.636. The van der Waals surface area contributed by atoms with E-state index in [1.54, 1.807) is 42.5 Å². The zero-order valence-electron chi connectivity index (χ0n) is 13.3. The van der Waals surface area contributed by atoms with Crippen LogP contribution in [0.15, 0.2) is 59.3 Å². The number of nitrogens with zero attached hydrogens (tertiary/aromatic N) is 1. The first-order chi connectivity index (χ1) is 12.0. The summed E-state index contributed by atoms with van der Waals surface area (Å²) < 4.78 is 5.45. The molecule has 1 aliphatic heterocycles. The molecule has 128 valence electrons. The lowest BCUT2D eigenvalue weighted by atomic mass is 9.99. The second kappa shape index (κ2) is 7.17. The molecule has 0 saturated heterocycles. The highest BCUT2D eigenvalue weighted by Gasteiger charge is 2.33. The van der Waals surface area contributed by atoms with Crippen molar-refractivity contribution in [3.05, 3.63) is 80.5 Å². The second-order valence-corrected chi connectivity index (χ2v) is 6.00. The van der Waals surface area contributed by atoms with Crippen LogP contribution >= 0.6 is 23.2 Å². The van der Waals surface area contributed by atoms with Crippen molar-refractivity contribution in [1.29, 1.82) is 0 Å². The van der Waals surface area contributed by atoms with Gasteiger partial charge in [0.1, 0.15) is 16.5 Å². The van der Waals surface area contributed by atoms with Gasteiger partial charge in [0.25, 0.3) is 0 Å². The molecule has 7 heteroatoms. The molecule has 25 heavy (non-hydrogen) atoms. The number of allylic oxidation sites excluding steroid dienone is 1.